The van der Waals surface area contributed by atoms with E-state index < -0.39 is 0 Å². The van der Waals surface area contributed by atoms with Crippen LogP contribution in [0.4, 0.5) is 0 Å². The van der Waals surface area contributed by atoms with Gasteiger partial charge in [-0.2, -0.15) is 0 Å². The van der Waals surface area contributed by atoms with Crippen LogP contribution in [0.5, 0.6) is 0 Å². The number of hydrogen-bond donors (Lipinski definition) is 0. The summed E-state index contributed by atoms with van der Waals surface area (Å²) in [6.07, 6.45) is 1.62. The quantitative estimate of drug-likeness (QED) is 0.194. The van der Waals surface area contributed by atoms with E-state index in [2.05, 4.69) is 61.7 Å². The van der Waals surface area contributed by atoms with Crippen molar-refractivity contribution in [3.05, 3.63) is 108 Å². The predicted octanol–water partition coefficient (Wildman–Crippen LogP) is 6.69. The summed E-state index contributed by atoms with van der Waals surface area (Å²) in [6, 6.07) is 24.9. The van der Waals surface area contributed by atoms with E-state index in [0.29, 0.717) is 17.8 Å². The van der Waals surface area contributed by atoms with Gasteiger partial charge in [0.05, 0.1) is 6.61 Å². The summed E-state index contributed by atoms with van der Waals surface area (Å²) >= 11 is 0. The Kier molecular flexibility index (Phi) is 8.58. The minimum absolute atomic E-state index is 0.231. The van der Waals surface area contributed by atoms with E-state index in [0.717, 1.165) is 40.7 Å². The molecule has 3 aromatic rings. The molecule has 4 nitrogen and oxygen atoms in total. The van der Waals surface area contributed by atoms with Crippen molar-refractivity contribution in [3.8, 4) is 22.3 Å². The zero-order chi connectivity index (χ0) is 24.5. The lowest BCUT2D eigenvalue weighted by Crippen LogP contribution is -2.06. The van der Waals surface area contributed by atoms with Crippen LogP contribution < -0.4 is 0 Å². The zero-order valence-corrected chi connectivity index (χ0v) is 19.8. The van der Waals surface area contributed by atoms with E-state index in [1.807, 2.05) is 24.3 Å². The van der Waals surface area contributed by atoms with E-state index in [-0.39, 0.29) is 18.5 Å². The molecular weight excluding hydrogens is 424 g/mol. The molecule has 3 aromatic carbocycles. The molecule has 0 fully saturated rings. The molecule has 0 saturated heterocycles. The van der Waals surface area contributed by atoms with Gasteiger partial charge in [0.2, 0.25) is 0 Å². The Balaban J connectivity index is 1.60. The standard InChI is InChI=1S/C30H30O4/c1-21(2)29(31)33-18-6-7-23-10-14-25(15-11-23)27-8-5-9-28(19-27)26-16-12-24(13-17-26)20-34-30(32)22(3)4/h5,8-17,19H,1,3,6-7,18,20H2,2,4H3. The third-order valence-electron chi connectivity index (χ3n) is 5.35. The monoisotopic (exact) mass is 454 g/mol. The molecule has 0 bridgehead atoms. The lowest BCUT2D eigenvalue weighted by Gasteiger charge is -2.09. The number of rotatable bonds is 10. The molecule has 0 N–H and O–H groups in total. The third kappa shape index (κ3) is 7.04. The summed E-state index contributed by atoms with van der Waals surface area (Å²) in [4.78, 5) is 23.0. The zero-order valence-electron chi connectivity index (χ0n) is 19.8. The number of carbonyl (C=O) groups is 2. The van der Waals surface area contributed by atoms with Crippen LogP contribution in [0.1, 0.15) is 31.4 Å². The maximum atomic E-state index is 11.6. The summed E-state index contributed by atoms with van der Waals surface area (Å²) in [6.45, 7) is 11.1. The fraction of sp³-hybridized carbons (Fsp3) is 0.200. The second-order valence-corrected chi connectivity index (χ2v) is 8.35. The Bertz CT molecular complexity index is 1170. The van der Waals surface area contributed by atoms with Crippen molar-refractivity contribution in [1.29, 1.82) is 0 Å². The highest BCUT2D eigenvalue weighted by molar-refractivity contribution is 5.87. The number of carbonyl (C=O) groups excluding carboxylic acids is 2. The lowest BCUT2D eigenvalue weighted by atomic mass is 9.97. The first-order valence-electron chi connectivity index (χ1n) is 11.3. The van der Waals surface area contributed by atoms with Gasteiger partial charge in [-0.15, -0.1) is 0 Å². The molecule has 0 aliphatic rings. The van der Waals surface area contributed by atoms with Gasteiger partial charge in [0.1, 0.15) is 6.61 Å². The summed E-state index contributed by atoms with van der Waals surface area (Å²) in [5, 5.41) is 0. The minimum Gasteiger partial charge on any atom is -0.462 e. The average Bonchev–Trinajstić information content (AvgIpc) is 2.85. The van der Waals surface area contributed by atoms with Crippen LogP contribution in [0.15, 0.2) is 97.1 Å². The van der Waals surface area contributed by atoms with Crippen LogP contribution in [0, 0.1) is 0 Å². The molecule has 0 radical (unpaired) electrons. The topological polar surface area (TPSA) is 52.6 Å². The van der Waals surface area contributed by atoms with Crippen molar-refractivity contribution < 1.29 is 19.1 Å². The van der Waals surface area contributed by atoms with Crippen LogP contribution in [-0.2, 0) is 32.1 Å². The largest absolute Gasteiger partial charge is 0.462 e. The maximum Gasteiger partial charge on any atom is 0.333 e. The molecule has 0 aliphatic carbocycles. The highest BCUT2D eigenvalue weighted by Gasteiger charge is 2.06. The second-order valence-electron chi connectivity index (χ2n) is 8.35. The molecule has 0 aliphatic heterocycles. The second kappa shape index (κ2) is 11.8. The van der Waals surface area contributed by atoms with Crippen LogP contribution in [0.3, 0.4) is 0 Å². The first kappa shape index (κ1) is 24.7. The van der Waals surface area contributed by atoms with Gasteiger partial charge in [0.25, 0.3) is 0 Å². The number of esters is 2. The normalized spacial score (nSPS) is 10.4. The van der Waals surface area contributed by atoms with Gasteiger partial charge in [0, 0.05) is 11.1 Å². The van der Waals surface area contributed by atoms with Gasteiger partial charge in [0.15, 0.2) is 0 Å². The van der Waals surface area contributed by atoms with Gasteiger partial charge in [-0.05, 0) is 66.1 Å². The fourth-order valence-electron chi connectivity index (χ4n) is 3.37. The van der Waals surface area contributed by atoms with E-state index >= 15 is 0 Å². The summed E-state index contributed by atoms with van der Waals surface area (Å²) in [5.41, 5.74) is 7.44. The Morgan fingerprint density at radius 3 is 1.71 bits per heavy atom. The van der Waals surface area contributed by atoms with E-state index in [1.165, 1.54) is 5.56 Å². The Morgan fingerprint density at radius 2 is 1.18 bits per heavy atom. The molecule has 174 valence electrons. The highest BCUT2D eigenvalue weighted by Crippen LogP contribution is 2.27. The third-order valence-corrected chi connectivity index (χ3v) is 5.35. The Morgan fingerprint density at radius 1 is 0.676 bits per heavy atom. The molecule has 0 heterocycles. The van der Waals surface area contributed by atoms with Crippen molar-refractivity contribution >= 4 is 11.9 Å². The summed E-state index contributed by atoms with van der Waals surface area (Å²) in [5.74, 6) is -0.718. The lowest BCUT2D eigenvalue weighted by molar-refractivity contribution is -0.140. The first-order valence-corrected chi connectivity index (χ1v) is 11.3. The molecule has 0 spiro atoms. The maximum absolute atomic E-state index is 11.6. The van der Waals surface area contributed by atoms with Crippen molar-refractivity contribution in [1.82, 2.24) is 0 Å². The Labute approximate surface area is 201 Å². The predicted molar refractivity (Wildman–Crippen MR) is 136 cm³/mol. The number of aryl methyl sites for hydroxylation is 1. The van der Waals surface area contributed by atoms with Crippen LogP contribution in [0.2, 0.25) is 0 Å². The molecule has 4 heteroatoms. The molecule has 0 saturated carbocycles. The number of benzene rings is 3. The Hall–Kier alpha value is -3.92. The molecule has 0 aromatic heterocycles. The van der Waals surface area contributed by atoms with E-state index in [1.54, 1.807) is 13.8 Å². The molecule has 0 unspecified atom stereocenters. The van der Waals surface area contributed by atoms with E-state index in [4.69, 9.17) is 9.47 Å². The molecule has 3 rings (SSSR count). The first-order chi connectivity index (χ1) is 16.3. The van der Waals surface area contributed by atoms with Crippen molar-refractivity contribution in [2.45, 2.75) is 33.3 Å². The van der Waals surface area contributed by atoms with Gasteiger partial charge in [-0.25, -0.2) is 9.59 Å². The number of hydrogen-bond acceptors (Lipinski definition) is 4. The molecule has 0 amide bonds. The number of ether oxygens (including phenoxy) is 2. The minimum atomic E-state index is -0.381. The summed E-state index contributed by atoms with van der Waals surface area (Å²) < 4.78 is 10.4. The average molecular weight is 455 g/mol. The van der Waals surface area contributed by atoms with Gasteiger partial charge in [-0.3, -0.25) is 0 Å². The van der Waals surface area contributed by atoms with Gasteiger partial charge in [-0.1, -0.05) is 79.9 Å². The summed E-state index contributed by atoms with van der Waals surface area (Å²) in [7, 11) is 0. The smallest absolute Gasteiger partial charge is 0.333 e. The van der Waals surface area contributed by atoms with Crippen LogP contribution in [0.25, 0.3) is 22.3 Å². The molecule has 34 heavy (non-hydrogen) atoms. The van der Waals surface area contributed by atoms with Crippen molar-refractivity contribution in [2.24, 2.45) is 0 Å². The van der Waals surface area contributed by atoms with Crippen LogP contribution in [-0.4, -0.2) is 18.5 Å². The molecule has 0 atom stereocenters. The van der Waals surface area contributed by atoms with Crippen LogP contribution >= 0.6 is 0 Å². The van der Waals surface area contributed by atoms with Crippen molar-refractivity contribution in [3.63, 3.8) is 0 Å². The SMILES string of the molecule is C=C(C)C(=O)OCCCc1ccc(-c2cccc(-c3ccc(COC(=O)C(=C)C)cc3)c2)cc1. The molecular formula is C30H30O4. The fourth-order valence-corrected chi connectivity index (χ4v) is 3.37. The van der Waals surface area contributed by atoms with E-state index in [9.17, 15) is 9.59 Å². The van der Waals surface area contributed by atoms with Crippen molar-refractivity contribution in [2.75, 3.05) is 6.61 Å². The van der Waals surface area contributed by atoms with Gasteiger partial charge >= 0.3 is 11.9 Å². The highest BCUT2D eigenvalue weighted by atomic mass is 16.5. The van der Waals surface area contributed by atoms with Gasteiger partial charge < -0.3 is 9.47 Å².